The van der Waals surface area contributed by atoms with Gasteiger partial charge in [0.15, 0.2) is 11.5 Å². The summed E-state index contributed by atoms with van der Waals surface area (Å²) in [6, 6.07) is 19.5. The van der Waals surface area contributed by atoms with E-state index in [-0.39, 0.29) is 17.0 Å². The zero-order valence-corrected chi connectivity index (χ0v) is 16.4. The van der Waals surface area contributed by atoms with Crippen molar-refractivity contribution in [3.05, 3.63) is 88.0 Å². The molecule has 30 heavy (non-hydrogen) atoms. The Morgan fingerprint density at radius 3 is 2.17 bits per heavy atom. The first-order valence-corrected chi connectivity index (χ1v) is 8.92. The number of carbonyl (C=O) groups excluding carboxylic acids is 1. The van der Waals surface area contributed by atoms with Crippen LogP contribution >= 0.6 is 0 Å². The van der Waals surface area contributed by atoms with Gasteiger partial charge in [0.05, 0.1) is 37.0 Å². The van der Waals surface area contributed by atoms with Gasteiger partial charge < -0.3 is 9.47 Å². The van der Waals surface area contributed by atoms with E-state index >= 15 is 0 Å². The van der Waals surface area contributed by atoms with Gasteiger partial charge in [0, 0.05) is 5.56 Å². The Morgan fingerprint density at radius 1 is 0.967 bits per heavy atom. The van der Waals surface area contributed by atoms with Gasteiger partial charge in [0.25, 0.3) is 11.6 Å². The predicted molar refractivity (Wildman–Crippen MR) is 113 cm³/mol. The lowest BCUT2D eigenvalue weighted by Crippen LogP contribution is -2.17. The molecule has 0 unspecified atom stereocenters. The van der Waals surface area contributed by atoms with Gasteiger partial charge in [-0.15, -0.1) is 0 Å². The minimum absolute atomic E-state index is 0.164. The number of ether oxygens (including phenoxy) is 2. The molecule has 0 aliphatic heterocycles. The normalized spacial score (nSPS) is 10.6. The standard InChI is InChI=1S/C22H19N3O5/c1-29-20-12-18(19(25(27)28)13-21(20)30-2)14-23-24-22(26)17-10-8-16(9-11-17)15-6-4-3-5-7-15/h3-14H,1-2H3,(H,24,26)/b23-14+. The highest BCUT2D eigenvalue weighted by molar-refractivity contribution is 5.95. The summed E-state index contributed by atoms with van der Waals surface area (Å²) < 4.78 is 10.2. The van der Waals surface area contributed by atoms with Gasteiger partial charge in [-0.25, -0.2) is 5.43 Å². The smallest absolute Gasteiger partial charge is 0.282 e. The lowest BCUT2D eigenvalue weighted by molar-refractivity contribution is -0.385. The first kappa shape index (κ1) is 20.5. The van der Waals surface area contributed by atoms with Crippen LogP contribution in [0.5, 0.6) is 11.5 Å². The molecule has 8 nitrogen and oxygen atoms in total. The number of hydrazone groups is 1. The van der Waals surface area contributed by atoms with Crippen LogP contribution in [0.3, 0.4) is 0 Å². The largest absolute Gasteiger partial charge is 0.493 e. The van der Waals surface area contributed by atoms with E-state index in [0.717, 1.165) is 11.1 Å². The van der Waals surface area contributed by atoms with Crippen molar-refractivity contribution in [3.8, 4) is 22.6 Å². The van der Waals surface area contributed by atoms with E-state index < -0.39 is 10.8 Å². The molecule has 0 aliphatic rings. The van der Waals surface area contributed by atoms with Crippen molar-refractivity contribution in [2.45, 2.75) is 0 Å². The van der Waals surface area contributed by atoms with Crippen LogP contribution in [0.15, 0.2) is 71.8 Å². The second kappa shape index (κ2) is 9.33. The van der Waals surface area contributed by atoms with E-state index in [1.807, 2.05) is 42.5 Å². The number of hydrogen-bond donors (Lipinski definition) is 1. The summed E-state index contributed by atoms with van der Waals surface area (Å²) in [6.45, 7) is 0. The Kier molecular flexibility index (Phi) is 6.39. The zero-order chi connectivity index (χ0) is 21.5. The fourth-order valence-electron chi connectivity index (χ4n) is 2.82. The average molecular weight is 405 g/mol. The Balaban J connectivity index is 1.75. The molecule has 0 aliphatic carbocycles. The van der Waals surface area contributed by atoms with Gasteiger partial charge in [-0.3, -0.25) is 14.9 Å². The molecule has 0 bridgehead atoms. The van der Waals surface area contributed by atoms with E-state index in [1.54, 1.807) is 12.1 Å². The monoisotopic (exact) mass is 405 g/mol. The molecule has 0 saturated heterocycles. The van der Waals surface area contributed by atoms with Crippen molar-refractivity contribution in [1.82, 2.24) is 5.43 Å². The second-order valence-electron chi connectivity index (χ2n) is 6.17. The van der Waals surface area contributed by atoms with Crippen LogP contribution in [0.1, 0.15) is 15.9 Å². The van der Waals surface area contributed by atoms with E-state index in [1.165, 1.54) is 32.6 Å². The summed E-state index contributed by atoms with van der Waals surface area (Å²) in [5.74, 6) is 0.102. The fourth-order valence-corrected chi connectivity index (χ4v) is 2.82. The Morgan fingerprint density at radius 2 is 1.57 bits per heavy atom. The third kappa shape index (κ3) is 4.61. The number of nitrogens with one attached hydrogen (secondary N) is 1. The molecule has 3 aromatic rings. The third-order valence-electron chi connectivity index (χ3n) is 4.35. The van der Waals surface area contributed by atoms with Crippen molar-refractivity contribution in [3.63, 3.8) is 0 Å². The lowest BCUT2D eigenvalue weighted by atomic mass is 10.0. The number of methoxy groups -OCH3 is 2. The number of benzene rings is 3. The summed E-state index contributed by atoms with van der Waals surface area (Å²) >= 11 is 0. The van der Waals surface area contributed by atoms with Gasteiger partial charge in [-0.2, -0.15) is 5.10 Å². The quantitative estimate of drug-likeness (QED) is 0.363. The highest BCUT2D eigenvalue weighted by atomic mass is 16.6. The van der Waals surface area contributed by atoms with E-state index in [9.17, 15) is 14.9 Å². The van der Waals surface area contributed by atoms with Crippen LogP contribution in [-0.2, 0) is 0 Å². The molecule has 3 rings (SSSR count). The second-order valence-corrected chi connectivity index (χ2v) is 6.17. The molecule has 0 heterocycles. The van der Waals surface area contributed by atoms with Gasteiger partial charge in [0.2, 0.25) is 0 Å². The molecule has 0 spiro atoms. The number of rotatable bonds is 7. The summed E-state index contributed by atoms with van der Waals surface area (Å²) in [5, 5.41) is 15.2. The van der Waals surface area contributed by atoms with Gasteiger partial charge in [-0.1, -0.05) is 42.5 Å². The molecule has 3 aromatic carbocycles. The SMILES string of the molecule is COc1cc(/C=N/NC(=O)c2ccc(-c3ccccc3)cc2)c([N+](=O)[O-])cc1OC. The molecule has 8 heteroatoms. The number of nitro groups is 1. The van der Waals surface area contributed by atoms with Crippen LogP contribution in [-0.4, -0.2) is 31.3 Å². The average Bonchev–Trinajstić information content (AvgIpc) is 2.79. The highest BCUT2D eigenvalue weighted by Gasteiger charge is 2.18. The zero-order valence-electron chi connectivity index (χ0n) is 16.4. The van der Waals surface area contributed by atoms with Crippen molar-refractivity contribution in [1.29, 1.82) is 0 Å². The van der Waals surface area contributed by atoms with Crippen LogP contribution in [0, 0.1) is 10.1 Å². The molecule has 0 aromatic heterocycles. The maximum absolute atomic E-state index is 12.3. The Bertz CT molecular complexity index is 1080. The third-order valence-corrected chi connectivity index (χ3v) is 4.35. The maximum Gasteiger partial charge on any atom is 0.282 e. The van der Waals surface area contributed by atoms with Crippen LogP contribution in [0.25, 0.3) is 11.1 Å². The fraction of sp³-hybridized carbons (Fsp3) is 0.0909. The highest BCUT2D eigenvalue weighted by Crippen LogP contribution is 2.33. The van der Waals surface area contributed by atoms with Gasteiger partial charge in [-0.05, 0) is 29.3 Å². The van der Waals surface area contributed by atoms with Crippen LogP contribution in [0.4, 0.5) is 5.69 Å². The molecule has 1 amide bonds. The predicted octanol–water partition coefficient (Wildman–Crippen LogP) is 4.04. The summed E-state index contributed by atoms with van der Waals surface area (Å²) in [5.41, 5.74) is 4.75. The molecule has 152 valence electrons. The Labute approximate surface area is 172 Å². The molecule has 0 radical (unpaired) electrons. The number of carbonyl (C=O) groups is 1. The number of amides is 1. The van der Waals surface area contributed by atoms with Crippen molar-refractivity contribution >= 4 is 17.8 Å². The minimum atomic E-state index is -0.562. The van der Waals surface area contributed by atoms with Crippen molar-refractivity contribution in [2.24, 2.45) is 5.10 Å². The first-order chi connectivity index (χ1) is 14.5. The maximum atomic E-state index is 12.3. The van der Waals surface area contributed by atoms with Crippen LogP contribution in [0.2, 0.25) is 0 Å². The van der Waals surface area contributed by atoms with Gasteiger partial charge >= 0.3 is 0 Å². The summed E-state index contributed by atoms with van der Waals surface area (Å²) in [6.07, 6.45) is 1.19. The van der Waals surface area contributed by atoms with Crippen molar-refractivity contribution in [2.75, 3.05) is 14.2 Å². The molecular weight excluding hydrogens is 386 g/mol. The number of nitrogens with zero attached hydrogens (tertiary/aromatic N) is 2. The van der Waals surface area contributed by atoms with Gasteiger partial charge in [0.1, 0.15) is 0 Å². The van der Waals surface area contributed by atoms with Crippen molar-refractivity contribution < 1.29 is 19.2 Å². The topological polar surface area (TPSA) is 103 Å². The number of nitro benzene ring substituents is 1. The lowest BCUT2D eigenvalue weighted by Gasteiger charge is -2.08. The van der Waals surface area contributed by atoms with E-state index in [4.69, 9.17) is 9.47 Å². The molecular formula is C22H19N3O5. The molecule has 0 saturated carbocycles. The van der Waals surface area contributed by atoms with Crippen LogP contribution < -0.4 is 14.9 Å². The molecule has 1 N–H and O–H groups in total. The molecule has 0 atom stereocenters. The first-order valence-electron chi connectivity index (χ1n) is 8.92. The number of hydrogen-bond acceptors (Lipinski definition) is 6. The Hall–Kier alpha value is -4.20. The minimum Gasteiger partial charge on any atom is -0.493 e. The van der Waals surface area contributed by atoms with E-state index in [2.05, 4.69) is 10.5 Å². The summed E-state index contributed by atoms with van der Waals surface area (Å²) in [4.78, 5) is 23.1. The summed E-state index contributed by atoms with van der Waals surface area (Å²) in [7, 11) is 2.81. The molecule has 0 fully saturated rings. The van der Waals surface area contributed by atoms with E-state index in [0.29, 0.717) is 11.3 Å².